The number of nitrogens with one attached hydrogen (secondary N) is 1. The number of para-hydroxylation sites is 1. The molecule has 110 valence electrons. The number of benzene rings is 1. The molecule has 0 fully saturated rings. The Hall–Kier alpha value is -2.28. The Kier molecular flexibility index (Phi) is 4.64. The number of aromatic nitrogens is 1. The molecule has 0 aliphatic heterocycles. The maximum absolute atomic E-state index is 12.1. The fourth-order valence-electron chi connectivity index (χ4n) is 1.86. The van der Waals surface area contributed by atoms with Crippen LogP contribution in [-0.2, 0) is 4.79 Å². The third-order valence-electron chi connectivity index (χ3n) is 3.02. The zero-order chi connectivity index (χ0) is 15.4. The van der Waals surface area contributed by atoms with Crippen LogP contribution in [0.15, 0.2) is 29.1 Å². The second-order valence-electron chi connectivity index (χ2n) is 4.63. The fourth-order valence-corrected chi connectivity index (χ4v) is 2.69. The van der Waals surface area contributed by atoms with E-state index in [1.54, 1.807) is 31.3 Å². The van der Waals surface area contributed by atoms with Gasteiger partial charge in [-0.25, -0.2) is 4.98 Å². The number of rotatable bonds is 5. The molecule has 1 amide bonds. The van der Waals surface area contributed by atoms with Crippen LogP contribution >= 0.6 is 11.3 Å². The molecule has 1 heterocycles. The number of hydrogen-bond donors (Lipinski definition) is 2. The van der Waals surface area contributed by atoms with Gasteiger partial charge in [0, 0.05) is 19.9 Å². The summed E-state index contributed by atoms with van der Waals surface area (Å²) < 4.78 is -0.112. The van der Waals surface area contributed by atoms with E-state index >= 15 is 0 Å². The third-order valence-corrected chi connectivity index (χ3v) is 3.97. The second kappa shape index (κ2) is 6.45. The van der Waals surface area contributed by atoms with Crippen molar-refractivity contribution >= 4 is 39.1 Å². The highest BCUT2D eigenvalue weighted by atomic mass is 32.1. The Morgan fingerprint density at radius 3 is 2.81 bits per heavy atom. The van der Waals surface area contributed by atoms with Gasteiger partial charge in [0.2, 0.25) is 10.6 Å². The molecule has 0 radical (unpaired) electrons. The summed E-state index contributed by atoms with van der Waals surface area (Å²) in [5, 5.41) is 8.07. The van der Waals surface area contributed by atoms with Crippen LogP contribution in [0.4, 0.5) is 5.13 Å². The molecule has 0 unspecified atom stereocenters. The maximum Gasteiger partial charge on any atom is 0.245 e. The van der Waals surface area contributed by atoms with Crippen LogP contribution < -0.4 is 15.4 Å². The van der Waals surface area contributed by atoms with Gasteiger partial charge in [0.05, 0.1) is 16.7 Å². The minimum atomic E-state index is -0.144. The topological polar surface area (TPSA) is 100 Å². The Morgan fingerprint density at radius 1 is 1.38 bits per heavy atom. The molecule has 0 atom stereocenters. The molecule has 2 aromatic rings. The number of amidine groups is 1. The lowest BCUT2D eigenvalue weighted by molar-refractivity contribution is -0.118. The molecule has 3 N–H and O–H groups in total. The van der Waals surface area contributed by atoms with Crippen molar-refractivity contribution in [2.24, 2.45) is 5.73 Å². The van der Waals surface area contributed by atoms with Gasteiger partial charge in [0.25, 0.3) is 0 Å². The van der Waals surface area contributed by atoms with Gasteiger partial charge >= 0.3 is 0 Å². The molecule has 1 aromatic carbocycles. The molecular formula is C14H16N4O2S. The van der Waals surface area contributed by atoms with Crippen molar-refractivity contribution in [2.45, 2.75) is 19.3 Å². The van der Waals surface area contributed by atoms with Crippen molar-refractivity contribution in [1.29, 1.82) is 5.41 Å². The van der Waals surface area contributed by atoms with Crippen molar-refractivity contribution in [3.63, 3.8) is 0 Å². The smallest absolute Gasteiger partial charge is 0.245 e. The lowest BCUT2D eigenvalue weighted by Crippen LogP contribution is -2.27. The number of carbonyl (C=O) groups excluding carboxylic acids is 1. The van der Waals surface area contributed by atoms with Gasteiger partial charge in [-0.15, -0.1) is 0 Å². The van der Waals surface area contributed by atoms with E-state index in [9.17, 15) is 9.59 Å². The van der Waals surface area contributed by atoms with Gasteiger partial charge in [-0.1, -0.05) is 23.5 Å². The summed E-state index contributed by atoms with van der Waals surface area (Å²) in [5.74, 6) is -0.0754. The van der Waals surface area contributed by atoms with E-state index in [2.05, 4.69) is 4.98 Å². The van der Waals surface area contributed by atoms with E-state index in [0.717, 1.165) is 11.3 Å². The molecule has 1 aromatic heterocycles. The minimum absolute atomic E-state index is 0.0685. The first-order valence-electron chi connectivity index (χ1n) is 6.48. The fraction of sp³-hybridized carbons (Fsp3) is 0.286. The van der Waals surface area contributed by atoms with Gasteiger partial charge in [-0.2, -0.15) is 0 Å². The summed E-state index contributed by atoms with van der Waals surface area (Å²) in [6.45, 7) is 0. The van der Waals surface area contributed by atoms with Crippen molar-refractivity contribution in [3.05, 3.63) is 33.8 Å². The largest absolute Gasteiger partial charge is 0.388 e. The van der Waals surface area contributed by atoms with Crippen molar-refractivity contribution in [3.8, 4) is 0 Å². The Balaban J connectivity index is 2.19. The number of hydrogen-bond acceptors (Lipinski definition) is 5. The van der Waals surface area contributed by atoms with Crippen LogP contribution in [0.2, 0.25) is 0 Å². The number of anilines is 1. The summed E-state index contributed by atoms with van der Waals surface area (Å²) >= 11 is 0.954. The summed E-state index contributed by atoms with van der Waals surface area (Å²) in [5.41, 5.74) is 5.84. The quantitative estimate of drug-likeness (QED) is 0.649. The number of carbonyl (C=O) groups is 1. The van der Waals surface area contributed by atoms with Gasteiger partial charge < -0.3 is 5.73 Å². The normalized spacial score (nSPS) is 10.5. The van der Waals surface area contributed by atoms with Crippen LogP contribution in [0.3, 0.4) is 0 Å². The predicted molar refractivity (Wildman–Crippen MR) is 85.1 cm³/mol. The van der Waals surface area contributed by atoms with Crippen LogP contribution in [0.5, 0.6) is 0 Å². The summed E-state index contributed by atoms with van der Waals surface area (Å²) in [6.07, 6.45) is 1.17. The molecule has 0 bridgehead atoms. The first-order chi connectivity index (χ1) is 9.99. The SMILES string of the molecule is CN(C(=O)CCCC(=N)N)c1nc2ccccc2c(=O)s1. The standard InChI is InChI=1S/C14H16N4O2S/c1-18(12(19)8-4-7-11(15)16)14-17-10-6-3-2-5-9(10)13(20)21-14/h2-3,5-6H,4,7-8H2,1H3,(H3,15,16). The van der Waals surface area contributed by atoms with Crippen LogP contribution in [0.25, 0.3) is 10.9 Å². The van der Waals surface area contributed by atoms with E-state index in [4.69, 9.17) is 11.1 Å². The lowest BCUT2D eigenvalue weighted by atomic mass is 10.2. The third kappa shape index (κ3) is 3.63. The lowest BCUT2D eigenvalue weighted by Gasteiger charge is -2.15. The van der Waals surface area contributed by atoms with Crippen LogP contribution in [-0.4, -0.2) is 23.8 Å². The van der Waals surface area contributed by atoms with Gasteiger partial charge in [-0.05, 0) is 18.6 Å². The molecule has 0 aliphatic carbocycles. The Morgan fingerprint density at radius 2 is 2.10 bits per heavy atom. The summed E-state index contributed by atoms with van der Waals surface area (Å²) in [4.78, 5) is 29.8. The van der Waals surface area contributed by atoms with Gasteiger partial charge in [-0.3, -0.25) is 19.9 Å². The molecule has 0 saturated carbocycles. The second-order valence-corrected chi connectivity index (χ2v) is 5.57. The van der Waals surface area contributed by atoms with Gasteiger partial charge in [0.15, 0.2) is 5.13 Å². The minimum Gasteiger partial charge on any atom is -0.388 e. The van der Waals surface area contributed by atoms with E-state index in [1.165, 1.54) is 4.90 Å². The average molecular weight is 304 g/mol. The average Bonchev–Trinajstić information content (AvgIpc) is 2.46. The molecule has 0 spiro atoms. The van der Waals surface area contributed by atoms with Crippen molar-refractivity contribution in [2.75, 3.05) is 11.9 Å². The highest BCUT2D eigenvalue weighted by Gasteiger charge is 2.14. The zero-order valence-corrected chi connectivity index (χ0v) is 12.4. The molecule has 0 aliphatic rings. The Bertz CT molecular complexity index is 741. The first-order valence-corrected chi connectivity index (χ1v) is 7.30. The maximum atomic E-state index is 12.1. The Labute approximate surface area is 125 Å². The van der Waals surface area contributed by atoms with E-state index in [0.29, 0.717) is 28.9 Å². The number of nitrogens with zero attached hydrogens (tertiary/aromatic N) is 2. The number of nitrogens with two attached hydrogens (primary N) is 1. The summed E-state index contributed by atoms with van der Waals surface area (Å²) in [7, 11) is 1.60. The highest BCUT2D eigenvalue weighted by molar-refractivity contribution is 7.13. The van der Waals surface area contributed by atoms with Crippen molar-refractivity contribution in [1.82, 2.24) is 4.98 Å². The van der Waals surface area contributed by atoms with E-state index in [-0.39, 0.29) is 22.9 Å². The molecule has 21 heavy (non-hydrogen) atoms. The van der Waals surface area contributed by atoms with E-state index in [1.807, 2.05) is 0 Å². The summed E-state index contributed by atoms with van der Waals surface area (Å²) in [6, 6.07) is 7.06. The van der Waals surface area contributed by atoms with Crippen LogP contribution in [0.1, 0.15) is 19.3 Å². The zero-order valence-electron chi connectivity index (χ0n) is 11.6. The predicted octanol–water partition coefficient (Wildman–Crippen LogP) is 1.73. The van der Waals surface area contributed by atoms with E-state index < -0.39 is 0 Å². The monoisotopic (exact) mass is 304 g/mol. The van der Waals surface area contributed by atoms with Gasteiger partial charge in [0.1, 0.15) is 0 Å². The molecule has 0 saturated heterocycles. The molecule has 6 nitrogen and oxygen atoms in total. The molecular weight excluding hydrogens is 288 g/mol. The molecule has 7 heteroatoms. The highest BCUT2D eigenvalue weighted by Crippen LogP contribution is 2.18. The van der Waals surface area contributed by atoms with Crippen molar-refractivity contribution < 1.29 is 4.79 Å². The molecule has 2 rings (SSSR count). The van der Waals surface area contributed by atoms with Crippen LogP contribution in [0, 0.1) is 5.41 Å². The number of fused-ring (bicyclic) bond motifs is 1. The number of amides is 1. The first kappa shape index (κ1) is 15.1.